The summed E-state index contributed by atoms with van der Waals surface area (Å²) < 4.78 is 0. The van der Waals surface area contributed by atoms with Crippen molar-refractivity contribution in [3.63, 3.8) is 0 Å². The Balaban J connectivity index is 1.88. The number of rotatable bonds is 6. The summed E-state index contributed by atoms with van der Waals surface area (Å²) in [5.74, 6) is 0.416. The predicted molar refractivity (Wildman–Crippen MR) is 74.9 cm³/mol. The minimum absolute atomic E-state index is 0.102. The van der Waals surface area contributed by atoms with Gasteiger partial charge in [0.15, 0.2) is 0 Å². The SMILES string of the molecule is O=C(NCC(CCO)c1ccccc1)C1CCNC1. The zero-order valence-electron chi connectivity index (χ0n) is 11.1. The summed E-state index contributed by atoms with van der Waals surface area (Å²) in [7, 11) is 0. The van der Waals surface area contributed by atoms with E-state index in [1.165, 1.54) is 5.56 Å². The molecule has 1 aliphatic rings. The highest BCUT2D eigenvalue weighted by Gasteiger charge is 2.23. The number of carbonyl (C=O) groups is 1. The van der Waals surface area contributed by atoms with Crippen molar-refractivity contribution in [1.29, 1.82) is 0 Å². The molecule has 0 aliphatic carbocycles. The van der Waals surface area contributed by atoms with Crippen LogP contribution in [0.5, 0.6) is 0 Å². The first-order chi connectivity index (χ1) is 9.31. The first-order valence-electron chi connectivity index (χ1n) is 6.95. The van der Waals surface area contributed by atoms with E-state index in [0.717, 1.165) is 19.5 Å². The molecule has 1 aliphatic heterocycles. The number of hydrogen-bond donors (Lipinski definition) is 3. The minimum Gasteiger partial charge on any atom is -0.396 e. The summed E-state index contributed by atoms with van der Waals surface area (Å²) in [5, 5.41) is 15.4. The Labute approximate surface area is 114 Å². The molecule has 1 aromatic rings. The van der Waals surface area contributed by atoms with Gasteiger partial charge in [-0.2, -0.15) is 0 Å². The van der Waals surface area contributed by atoms with Crippen LogP contribution >= 0.6 is 0 Å². The van der Waals surface area contributed by atoms with Gasteiger partial charge in [-0.15, -0.1) is 0 Å². The van der Waals surface area contributed by atoms with Crippen LogP contribution in [0.3, 0.4) is 0 Å². The van der Waals surface area contributed by atoms with Crippen LogP contribution in [-0.2, 0) is 4.79 Å². The van der Waals surface area contributed by atoms with Crippen molar-refractivity contribution in [2.45, 2.75) is 18.8 Å². The monoisotopic (exact) mass is 262 g/mol. The van der Waals surface area contributed by atoms with Gasteiger partial charge in [-0.25, -0.2) is 0 Å². The van der Waals surface area contributed by atoms with Crippen molar-refractivity contribution in [2.75, 3.05) is 26.2 Å². The van der Waals surface area contributed by atoms with E-state index in [2.05, 4.69) is 10.6 Å². The average Bonchev–Trinajstić information content (AvgIpc) is 2.98. The molecule has 19 heavy (non-hydrogen) atoms. The lowest BCUT2D eigenvalue weighted by atomic mass is 9.95. The van der Waals surface area contributed by atoms with Gasteiger partial charge >= 0.3 is 0 Å². The van der Waals surface area contributed by atoms with Crippen LogP contribution in [0.2, 0.25) is 0 Å². The van der Waals surface area contributed by atoms with Crippen molar-refractivity contribution in [3.05, 3.63) is 35.9 Å². The Hall–Kier alpha value is -1.39. The number of aliphatic hydroxyl groups is 1. The summed E-state index contributed by atoms with van der Waals surface area (Å²) in [6, 6.07) is 10.0. The highest BCUT2D eigenvalue weighted by molar-refractivity contribution is 5.79. The van der Waals surface area contributed by atoms with Crippen LogP contribution < -0.4 is 10.6 Å². The fourth-order valence-corrected chi connectivity index (χ4v) is 2.51. The molecule has 2 unspecified atom stereocenters. The quantitative estimate of drug-likeness (QED) is 0.713. The van der Waals surface area contributed by atoms with Gasteiger partial charge in [0.05, 0.1) is 5.92 Å². The van der Waals surface area contributed by atoms with Gasteiger partial charge in [0.2, 0.25) is 5.91 Å². The largest absolute Gasteiger partial charge is 0.396 e. The number of aliphatic hydroxyl groups excluding tert-OH is 1. The molecule has 1 heterocycles. The number of carbonyl (C=O) groups excluding carboxylic acids is 1. The first kappa shape index (κ1) is 14.0. The summed E-state index contributed by atoms with van der Waals surface area (Å²) in [6.45, 7) is 2.44. The number of benzene rings is 1. The second kappa shape index (κ2) is 7.26. The molecule has 0 aromatic heterocycles. The lowest BCUT2D eigenvalue weighted by Gasteiger charge is -2.18. The van der Waals surface area contributed by atoms with E-state index in [-0.39, 0.29) is 24.3 Å². The third-order valence-corrected chi connectivity index (χ3v) is 3.70. The number of nitrogens with one attached hydrogen (secondary N) is 2. The predicted octanol–water partition coefficient (Wildman–Crippen LogP) is 0.878. The summed E-state index contributed by atoms with van der Waals surface area (Å²) in [6.07, 6.45) is 1.59. The minimum atomic E-state index is 0.102. The summed E-state index contributed by atoms with van der Waals surface area (Å²) >= 11 is 0. The van der Waals surface area contributed by atoms with Crippen molar-refractivity contribution < 1.29 is 9.90 Å². The molecule has 1 saturated heterocycles. The molecule has 4 nitrogen and oxygen atoms in total. The van der Waals surface area contributed by atoms with E-state index in [1.807, 2.05) is 30.3 Å². The molecule has 0 bridgehead atoms. The van der Waals surface area contributed by atoms with Crippen LogP contribution in [0, 0.1) is 5.92 Å². The zero-order valence-corrected chi connectivity index (χ0v) is 11.1. The van der Waals surface area contributed by atoms with Gasteiger partial charge in [0.1, 0.15) is 0 Å². The Kier molecular flexibility index (Phi) is 5.36. The van der Waals surface area contributed by atoms with E-state index >= 15 is 0 Å². The van der Waals surface area contributed by atoms with Crippen LogP contribution in [0.4, 0.5) is 0 Å². The van der Waals surface area contributed by atoms with Crippen molar-refractivity contribution in [1.82, 2.24) is 10.6 Å². The van der Waals surface area contributed by atoms with Crippen LogP contribution in [0.15, 0.2) is 30.3 Å². The molecular weight excluding hydrogens is 240 g/mol. The molecule has 1 fully saturated rings. The first-order valence-corrected chi connectivity index (χ1v) is 6.95. The molecule has 3 N–H and O–H groups in total. The Bertz CT molecular complexity index is 388. The molecule has 2 rings (SSSR count). The van der Waals surface area contributed by atoms with E-state index in [1.54, 1.807) is 0 Å². The lowest BCUT2D eigenvalue weighted by Crippen LogP contribution is -2.35. The Morgan fingerprint density at radius 1 is 1.42 bits per heavy atom. The maximum absolute atomic E-state index is 12.0. The molecule has 0 radical (unpaired) electrons. The van der Waals surface area contributed by atoms with Crippen LogP contribution in [0.1, 0.15) is 24.3 Å². The van der Waals surface area contributed by atoms with Crippen molar-refractivity contribution in [2.24, 2.45) is 5.92 Å². The van der Waals surface area contributed by atoms with Crippen molar-refractivity contribution in [3.8, 4) is 0 Å². The van der Waals surface area contributed by atoms with Gasteiger partial charge in [-0.3, -0.25) is 4.79 Å². The summed E-state index contributed by atoms with van der Waals surface area (Å²) in [5.41, 5.74) is 1.17. The lowest BCUT2D eigenvalue weighted by molar-refractivity contribution is -0.124. The second-order valence-corrected chi connectivity index (χ2v) is 5.05. The second-order valence-electron chi connectivity index (χ2n) is 5.05. The molecule has 1 amide bonds. The van der Waals surface area contributed by atoms with Gasteiger partial charge < -0.3 is 15.7 Å². The van der Waals surface area contributed by atoms with Gasteiger partial charge in [-0.1, -0.05) is 30.3 Å². The highest BCUT2D eigenvalue weighted by atomic mass is 16.3. The maximum atomic E-state index is 12.0. The topological polar surface area (TPSA) is 61.4 Å². The molecular formula is C15H22N2O2. The van der Waals surface area contributed by atoms with Gasteiger partial charge in [0, 0.05) is 25.6 Å². The number of amides is 1. The zero-order chi connectivity index (χ0) is 13.5. The molecule has 0 spiro atoms. The van der Waals surface area contributed by atoms with Gasteiger partial charge in [0.25, 0.3) is 0 Å². The van der Waals surface area contributed by atoms with Crippen LogP contribution in [-0.4, -0.2) is 37.3 Å². The standard InChI is InChI=1S/C15H22N2O2/c18-9-7-13(12-4-2-1-3-5-12)11-17-15(19)14-6-8-16-10-14/h1-5,13-14,16,18H,6-11H2,(H,17,19). The maximum Gasteiger partial charge on any atom is 0.224 e. The van der Waals surface area contributed by atoms with Gasteiger partial charge in [-0.05, 0) is 24.9 Å². The van der Waals surface area contributed by atoms with E-state index < -0.39 is 0 Å². The normalized spacial score (nSPS) is 20.2. The molecule has 104 valence electrons. The number of hydrogen-bond acceptors (Lipinski definition) is 3. The highest BCUT2D eigenvalue weighted by Crippen LogP contribution is 2.18. The Morgan fingerprint density at radius 2 is 2.21 bits per heavy atom. The summed E-state index contributed by atoms with van der Waals surface area (Å²) in [4.78, 5) is 12.0. The molecule has 2 atom stereocenters. The van der Waals surface area contributed by atoms with E-state index in [4.69, 9.17) is 5.11 Å². The third kappa shape index (κ3) is 4.04. The van der Waals surface area contributed by atoms with Crippen molar-refractivity contribution >= 4 is 5.91 Å². The molecule has 4 heteroatoms. The molecule has 0 saturated carbocycles. The van der Waals surface area contributed by atoms with Crippen LogP contribution in [0.25, 0.3) is 0 Å². The van der Waals surface area contributed by atoms with E-state index in [9.17, 15) is 4.79 Å². The smallest absolute Gasteiger partial charge is 0.224 e. The third-order valence-electron chi connectivity index (χ3n) is 3.70. The van der Waals surface area contributed by atoms with E-state index in [0.29, 0.717) is 13.0 Å². The fraction of sp³-hybridized carbons (Fsp3) is 0.533. The Morgan fingerprint density at radius 3 is 2.84 bits per heavy atom. The average molecular weight is 262 g/mol. The molecule has 1 aromatic carbocycles. The fourth-order valence-electron chi connectivity index (χ4n) is 2.51.